The van der Waals surface area contributed by atoms with Gasteiger partial charge in [-0.25, -0.2) is 0 Å². The Morgan fingerprint density at radius 1 is 1.24 bits per heavy atom. The van der Waals surface area contributed by atoms with E-state index in [1.807, 2.05) is 6.08 Å². The van der Waals surface area contributed by atoms with Crippen LogP contribution in [0.25, 0.3) is 6.08 Å². The molecule has 0 atom stereocenters. The molecule has 0 bridgehead atoms. The molecule has 94 valence electrons. The highest BCUT2D eigenvalue weighted by atomic mass is 28.3. The molecular formula is C15H25NSi. The fourth-order valence-electron chi connectivity index (χ4n) is 1.92. The Morgan fingerprint density at radius 3 is 2.18 bits per heavy atom. The molecule has 1 aromatic rings. The summed E-state index contributed by atoms with van der Waals surface area (Å²) in [5.41, 5.74) is 9.61. The molecule has 0 radical (unpaired) electrons. The highest BCUT2D eigenvalue weighted by Gasteiger charge is 2.38. The van der Waals surface area contributed by atoms with Crippen molar-refractivity contribution in [2.24, 2.45) is 0 Å². The van der Waals surface area contributed by atoms with Gasteiger partial charge in [0.25, 0.3) is 0 Å². The first-order valence-corrected chi connectivity index (χ1v) is 9.15. The summed E-state index contributed by atoms with van der Waals surface area (Å²) in [7, 11) is -1.55. The van der Waals surface area contributed by atoms with Gasteiger partial charge in [-0.3, -0.25) is 0 Å². The summed E-state index contributed by atoms with van der Waals surface area (Å²) < 4.78 is 0. The average molecular weight is 247 g/mol. The Morgan fingerprint density at radius 2 is 1.76 bits per heavy atom. The van der Waals surface area contributed by atoms with Crippen LogP contribution in [0.1, 0.15) is 31.9 Å². The monoisotopic (exact) mass is 247 g/mol. The minimum Gasteiger partial charge on any atom is -0.399 e. The van der Waals surface area contributed by atoms with Crippen molar-refractivity contribution in [2.75, 3.05) is 5.73 Å². The van der Waals surface area contributed by atoms with Crippen molar-refractivity contribution in [3.8, 4) is 0 Å². The molecule has 0 saturated heterocycles. The number of anilines is 1. The van der Waals surface area contributed by atoms with E-state index >= 15 is 0 Å². The average Bonchev–Trinajstić information content (AvgIpc) is 2.20. The van der Waals surface area contributed by atoms with Crippen LogP contribution in [0.5, 0.6) is 0 Å². The number of hydrogen-bond acceptors (Lipinski definition) is 1. The van der Waals surface area contributed by atoms with Crippen molar-refractivity contribution in [1.82, 2.24) is 0 Å². The molecular weight excluding hydrogens is 222 g/mol. The molecule has 1 aromatic carbocycles. The largest absolute Gasteiger partial charge is 0.399 e. The van der Waals surface area contributed by atoms with Crippen LogP contribution in [0.15, 0.2) is 18.7 Å². The van der Waals surface area contributed by atoms with E-state index < -0.39 is 8.07 Å². The van der Waals surface area contributed by atoms with Crippen molar-refractivity contribution in [2.45, 2.75) is 45.8 Å². The van der Waals surface area contributed by atoms with Gasteiger partial charge in [0, 0.05) is 5.69 Å². The van der Waals surface area contributed by atoms with Crippen LogP contribution >= 0.6 is 0 Å². The zero-order chi connectivity index (χ0) is 13.4. The van der Waals surface area contributed by atoms with Crippen LogP contribution in [-0.4, -0.2) is 8.07 Å². The van der Waals surface area contributed by atoms with E-state index in [4.69, 9.17) is 5.73 Å². The summed E-state index contributed by atoms with van der Waals surface area (Å²) in [5, 5.41) is 1.68. The fourth-order valence-corrected chi connectivity index (χ4v) is 4.08. The maximum Gasteiger partial charge on any atom is 0.0886 e. The van der Waals surface area contributed by atoms with Gasteiger partial charge in [0.15, 0.2) is 0 Å². The van der Waals surface area contributed by atoms with Gasteiger partial charge >= 0.3 is 0 Å². The molecule has 2 N–H and O–H groups in total. The predicted molar refractivity (Wildman–Crippen MR) is 82.5 cm³/mol. The molecule has 0 spiro atoms. The molecule has 0 aliphatic carbocycles. The lowest BCUT2D eigenvalue weighted by molar-refractivity contribution is 0.729. The van der Waals surface area contributed by atoms with Crippen molar-refractivity contribution >= 4 is 25.0 Å². The van der Waals surface area contributed by atoms with E-state index in [1.165, 1.54) is 10.8 Å². The quantitative estimate of drug-likeness (QED) is 0.622. The minimum absolute atomic E-state index is 0.309. The van der Waals surface area contributed by atoms with E-state index in [-0.39, 0.29) is 0 Å². The zero-order valence-electron chi connectivity index (χ0n) is 12.0. The Kier molecular flexibility index (Phi) is 3.58. The van der Waals surface area contributed by atoms with Gasteiger partial charge in [0.2, 0.25) is 0 Å². The molecule has 0 unspecified atom stereocenters. The fraction of sp³-hybridized carbons (Fsp3) is 0.467. The number of benzene rings is 1. The second kappa shape index (κ2) is 4.34. The molecule has 0 amide bonds. The van der Waals surface area contributed by atoms with Crippen LogP contribution in [0.4, 0.5) is 5.69 Å². The second-order valence-electron chi connectivity index (χ2n) is 6.32. The molecule has 1 nitrogen and oxygen atoms in total. The third kappa shape index (κ3) is 2.32. The minimum atomic E-state index is -1.55. The van der Waals surface area contributed by atoms with Crippen LogP contribution in [0.3, 0.4) is 0 Å². The van der Waals surface area contributed by atoms with Gasteiger partial charge < -0.3 is 5.73 Å². The van der Waals surface area contributed by atoms with Gasteiger partial charge in [-0.2, -0.15) is 0 Å². The Bertz CT molecular complexity index is 439. The molecule has 0 fully saturated rings. The summed E-state index contributed by atoms with van der Waals surface area (Å²) >= 11 is 0. The van der Waals surface area contributed by atoms with Crippen molar-refractivity contribution < 1.29 is 0 Å². The summed E-state index contributed by atoms with van der Waals surface area (Å²) in [6.07, 6.45) is 1.88. The summed E-state index contributed by atoms with van der Waals surface area (Å²) in [5.74, 6) is 0. The third-order valence-corrected chi connectivity index (χ3v) is 9.86. The van der Waals surface area contributed by atoms with E-state index in [1.54, 1.807) is 0 Å². The lowest BCUT2D eigenvalue weighted by Gasteiger charge is -2.38. The van der Waals surface area contributed by atoms with Crippen LogP contribution in [0, 0.1) is 6.92 Å². The van der Waals surface area contributed by atoms with Crippen LogP contribution in [-0.2, 0) is 0 Å². The topological polar surface area (TPSA) is 26.0 Å². The van der Waals surface area contributed by atoms with Gasteiger partial charge in [-0.1, -0.05) is 58.7 Å². The molecule has 1 rings (SSSR count). The van der Waals surface area contributed by atoms with Crippen LogP contribution < -0.4 is 10.9 Å². The zero-order valence-corrected chi connectivity index (χ0v) is 13.0. The lowest BCUT2D eigenvalue weighted by Crippen LogP contribution is -2.50. The molecule has 17 heavy (non-hydrogen) atoms. The van der Waals surface area contributed by atoms with Crippen LogP contribution in [0.2, 0.25) is 18.1 Å². The first-order chi connectivity index (χ1) is 7.63. The van der Waals surface area contributed by atoms with E-state index in [0.717, 1.165) is 11.3 Å². The maximum absolute atomic E-state index is 6.33. The third-order valence-electron chi connectivity index (χ3n) is 4.33. The standard InChI is InChI=1S/C15H25NSi/c1-8-12-9-10-13(14(16)11(12)2)17(6,7)15(3,4)5/h8-10H,1,16H2,2-7H3. The highest BCUT2D eigenvalue weighted by molar-refractivity contribution is 6.93. The molecule has 0 aromatic heterocycles. The molecule has 0 aliphatic heterocycles. The summed E-state index contributed by atoms with van der Waals surface area (Å²) in [6.45, 7) is 17.6. The Labute approximate surface area is 107 Å². The summed E-state index contributed by atoms with van der Waals surface area (Å²) in [6, 6.07) is 4.35. The number of hydrogen-bond donors (Lipinski definition) is 1. The van der Waals surface area contributed by atoms with E-state index in [2.05, 4.69) is 59.5 Å². The van der Waals surface area contributed by atoms with Gasteiger partial charge in [-0.15, -0.1) is 0 Å². The molecule has 2 heteroatoms. The van der Waals surface area contributed by atoms with Crippen molar-refractivity contribution in [3.63, 3.8) is 0 Å². The van der Waals surface area contributed by atoms with Crippen molar-refractivity contribution in [3.05, 3.63) is 29.8 Å². The Balaban J connectivity index is 3.45. The number of nitrogen functional groups attached to an aromatic ring is 1. The van der Waals surface area contributed by atoms with E-state index in [0.29, 0.717) is 5.04 Å². The van der Waals surface area contributed by atoms with Gasteiger partial charge in [-0.05, 0) is 28.3 Å². The molecule has 0 saturated carbocycles. The molecule has 0 aliphatic rings. The lowest BCUT2D eigenvalue weighted by atomic mass is 10.1. The van der Waals surface area contributed by atoms with Gasteiger partial charge in [0.1, 0.15) is 0 Å². The van der Waals surface area contributed by atoms with Gasteiger partial charge in [0.05, 0.1) is 8.07 Å². The SMILES string of the molecule is C=Cc1ccc([Si](C)(C)C(C)(C)C)c(N)c1C. The first kappa shape index (κ1) is 14.0. The van der Waals surface area contributed by atoms with Crippen molar-refractivity contribution in [1.29, 1.82) is 0 Å². The number of rotatable bonds is 2. The second-order valence-corrected chi connectivity index (χ2v) is 11.6. The molecule has 0 heterocycles. The predicted octanol–water partition coefficient (Wildman–Crippen LogP) is 3.94. The highest BCUT2D eigenvalue weighted by Crippen LogP contribution is 2.37. The summed E-state index contributed by atoms with van der Waals surface area (Å²) in [4.78, 5) is 0. The first-order valence-electron chi connectivity index (χ1n) is 6.15. The van der Waals surface area contributed by atoms with E-state index in [9.17, 15) is 0 Å². The maximum atomic E-state index is 6.33. The smallest absolute Gasteiger partial charge is 0.0886 e. The number of nitrogens with two attached hydrogens (primary N) is 1. The Hall–Kier alpha value is -1.02. The normalized spacial score (nSPS) is 12.6.